The second-order valence-corrected chi connectivity index (χ2v) is 17.5. The highest BCUT2D eigenvalue weighted by molar-refractivity contribution is 7.95. The predicted molar refractivity (Wildman–Crippen MR) is 219 cm³/mol. The molecule has 0 aliphatic carbocycles. The maximum atomic E-state index is 13.3. The van der Waals surface area contributed by atoms with Crippen molar-refractivity contribution < 1.29 is 48.3 Å². The lowest BCUT2D eigenvalue weighted by atomic mass is 10.1. The zero-order chi connectivity index (χ0) is 43.6. The van der Waals surface area contributed by atoms with Gasteiger partial charge in [-0.15, -0.1) is 20.4 Å². The van der Waals surface area contributed by atoms with Gasteiger partial charge in [-0.3, -0.25) is 8.61 Å². The molecule has 0 atom stereocenters. The van der Waals surface area contributed by atoms with Gasteiger partial charge < -0.3 is 18.8 Å². The molecule has 0 saturated carbocycles. The second kappa shape index (κ2) is 20.1. The summed E-state index contributed by atoms with van der Waals surface area (Å²) in [6, 6.07) is 30.7. The topological polar surface area (TPSA) is 176 Å². The largest absolute Gasteiger partial charge is 0.415 e. The van der Waals surface area contributed by atoms with Gasteiger partial charge in [-0.05, 0) is 72.5 Å². The van der Waals surface area contributed by atoms with Crippen LogP contribution in [0.2, 0.25) is 0 Å². The van der Waals surface area contributed by atoms with Crippen LogP contribution in [0.15, 0.2) is 130 Å². The molecule has 6 aromatic rings. The fraction of sp³-hybridized carbons (Fsp3) is 0.268. The Labute approximate surface area is 349 Å². The zero-order valence-corrected chi connectivity index (χ0v) is 34.1. The van der Waals surface area contributed by atoms with Crippen molar-refractivity contribution in [3.05, 3.63) is 144 Å². The smallest absolute Gasteiger partial charge is 0.314 e. The number of rotatable bonds is 16. The van der Waals surface area contributed by atoms with Crippen LogP contribution in [0.3, 0.4) is 0 Å². The van der Waals surface area contributed by atoms with Crippen molar-refractivity contribution in [1.82, 2.24) is 25.3 Å². The number of anilines is 2. The van der Waals surface area contributed by atoms with E-state index in [2.05, 4.69) is 31.9 Å². The summed E-state index contributed by atoms with van der Waals surface area (Å²) in [5.41, 5.74) is 3.37. The van der Waals surface area contributed by atoms with Crippen molar-refractivity contribution in [3.63, 3.8) is 0 Å². The van der Waals surface area contributed by atoms with Gasteiger partial charge >= 0.3 is 12.9 Å². The molecule has 14 nitrogen and oxygen atoms in total. The van der Waals surface area contributed by atoms with Crippen LogP contribution in [0, 0.1) is 0 Å². The first kappa shape index (κ1) is 44.6. The van der Waals surface area contributed by atoms with E-state index in [1.807, 2.05) is 6.07 Å². The highest BCUT2D eigenvalue weighted by Gasteiger charge is 2.26. The Balaban J connectivity index is 0.000000210. The van der Waals surface area contributed by atoms with E-state index in [0.29, 0.717) is 66.1 Å². The van der Waals surface area contributed by atoms with Gasteiger partial charge in [0.1, 0.15) is 0 Å². The molecule has 2 aromatic heterocycles. The third-order valence-corrected chi connectivity index (χ3v) is 12.6. The van der Waals surface area contributed by atoms with E-state index >= 15 is 0 Å². The molecule has 1 fully saturated rings. The molecule has 61 heavy (non-hydrogen) atoms. The summed E-state index contributed by atoms with van der Waals surface area (Å²) in [6.45, 7) is 5.29. The van der Waals surface area contributed by atoms with Crippen molar-refractivity contribution in [2.45, 2.75) is 44.9 Å². The number of alkyl halides is 4. The molecule has 0 amide bonds. The van der Waals surface area contributed by atoms with E-state index in [1.54, 1.807) is 103 Å². The molecule has 1 N–H and O–H groups in total. The molecule has 7 rings (SSSR count). The first-order valence-electron chi connectivity index (χ1n) is 18.8. The zero-order valence-electron chi connectivity index (χ0n) is 32.4. The number of aliphatic hydroxyl groups is 1. The molecule has 0 unspecified atom stereocenters. The molecule has 20 heteroatoms. The fourth-order valence-corrected chi connectivity index (χ4v) is 8.59. The fourth-order valence-electron chi connectivity index (χ4n) is 6.17. The predicted octanol–water partition coefficient (Wildman–Crippen LogP) is 7.62. The average molecular weight is 884 g/mol. The molecule has 1 aliphatic heterocycles. The van der Waals surface area contributed by atoms with E-state index in [0.717, 1.165) is 5.41 Å². The Kier molecular flexibility index (Phi) is 14.7. The van der Waals surface area contributed by atoms with Gasteiger partial charge in [0.05, 0.1) is 36.3 Å². The molecule has 1 aliphatic rings. The third kappa shape index (κ3) is 11.9. The van der Waals surface area contributed by atoms with Gasteiger partial charge in [0.15, 0.2) is 0 Å². The summed E-state index contributed by atoms with van der Waals surface area (Å²) in [5.74, 6) is -1.60. The number of likely N-dealkylation sites (tertiary alicyclic amines) is 1. The van der Waals surface area contributed by atoms with Crippen LogP contribution in [0.1, 0.15) is 48.6 Å². The number of piperidine rings is 1. The minimum atomic E-state index is -3.71. The van der Waals surface area contributed by atoms with E-state index in [1.165, 1.54) is 8.61 Å². The lowest BCUT2D eigenvalue weighted by molar-refractivity contribution is 0.0855. The quantitative estimate of drug-likeness (QED) is 0.0943. The van der Waals surface area contributed by atoms with Crippen LogP contribution in [0.4, 0.5) is 28.9 Å². The second-order valence-electron chi connectivity index (χ2n) is 13.7. The van der Waals surface area contributed by atoms with E-state index in [9.17, 15) is 39.5 Å². The summed E-state index contributed by atoms with van der Waals surface area (Å²) in [6.07, 6.45) is -4.71. The average Bonchev–Trinajstić information content (AvgIpc) is 3.98. The Morgan fingerprint density at radius 3 is 1.51 bits per heavy atom. The van der Waals surface area contributed by atoms with Crippen LogP contribution in [-0.2, 0) is 33.1 Å². The number of hydrogen-bond acceptors (Lipinski definition) is 12. The number of hydrogen-bond donors (Lipinski definition) is 1. The number of sulfonamides is 2. The van der Waals surface area contributed by atoms with Gasteiger partial charge in [-0.25, -0.2) is 16.8 Å². The van der Waals surface area contributed by atoms with Gasteiger partial charge in [-0.2, -0.15) is 17.6 Å². The summed E-state index contributed by atoms with van der Waals surface area (Å²) < 4.78 is 114. The summed E-state index contributed by atoms with van der Waals surface area (Å²) in [7, 11) is -7.36. The number of para-hydroxylation sites is 2. The molecular formula is C41H41F4N7O7S2. The van der Waals surface area contributed by atoms with Crippen molar-refractivity contribution in [3.8, 4) is 22.9 Å². The Morgan fingerprint density at radius 2 is 1.10 bits per heavy atom. The van der Waals surface area contributed by atoms with Crippen molar-refractivity contribution >= 4 is 31.4 Å². The molecule has 1 saturated heterocycles. The normalized spacial score (nSPS) is 13.8. The van der Waals surface area contributed by atoms with Gasteiger partial charge in [0.25, 0.3) is 21.8 Å². The van der Waals surface area contributed by atoms with Crippen LogP contribution >= 0.6 is 0 Å². The highest BCUT2D eigenvalue weighted by atomic mass is 32.2. The molecule has 322 valence electrons. The van der Waals surface area contributed by atoms with Gasteiger partial charge in [0, 0.05) is 36.2 Å². The number of benzene rings is 4. The van der Waals surface area contributed by atoms with Crippen molar-refractivity contribution in [2.75, 3.05) is 34.0 Å². The Bertz CT molecular complexity index is 2540. The van der Waals surface area contributed by atoms with Crippen LogP contribution in [-0.4, -0.2) is 78.7 Å². The highest BCUT2D eigenvalue weighted by Crippen LogP contribution is 2.28. The summed E-state index contributed by atoms with van der Waals surface area (Å²) in [5, 5.41) is 24.4. The standard InChI is InChI=1S/C23H26F2N4O4S.C18H15F2N3O3S/c24-21(25)23-27-26-22(33-23)18-8-6-17(7-9-18)16-29(19-4-2-1-3-5-19)34(31,32)15-14-28-12-10-20(30)11-13-28;1-2-27(24,25)23(15-6-4-3-5-7-15)12-13-8-10-14(11-9-13)17-21-22-18(26-17)16(19)20/h1-9,20-21,30H,10-16H2;2-11,16H,1,12H2. The first-order chi connectivity index (χ1) is 29.2. The van der Waals surface area contributed by atoms with Gasteiger partial charge in [-0.1, -0.05) is 67.2 Å². The lowest BCUT2D eigenvalue weighted by Crippen LogP contribution is -2.41. The summed E-state index contributed by atoms with van der Waals surface area (Å²) in [4.78, 5) is 2.06. The first-order valence-corrected chi connectivity index (χ1v) is 21.9. The van der Waals surface area contributed by atoms with Gasteiger partial charge in [0.2, 0.25) is 21.8 Å². The van der Waals surface area contributed by atoms with Crippen LogP contribution in [0.5, 0.6) is 0 Å². The molecular weight excluding hydrogens is 843 g/mol. The molecule has 0 spiro atoms. The number of aliphatic hydroxyl groups excluding tert-OH is 1. The Morgan fingerprint density at radius 1 is 0.672 bits per heavy atom. The molecule has 3 heterocycles. The number of nitrogens with zero attached hydrogens (tertiary/aromatic N) is 7. The maximum absolute atomic E-state index is 13.3. The van der Waals surface area contributed by atoms with E-state index < -0.39 is 44.7 Å². The Hall–Kier alpha value is -5.96. The maximum Gasteiger partial charge on any atom is 0.314 e. The van der Waals surface area contributed by atoms with Crippen LogP contribution in [0.25, 0.3) is 22.9 Å². The molecule has 0 bridgehead atoms. The number of aromatic nitrogens is 4. The molecule has 0 radical (unpaired) electrons. The summed E-state index contributed by atoms with van der Waals surface area (Å²) >= 11 is 0. The lowest BCUT2D eigenvalue weighted by Gasteiger charge is -2.31. The van der Waals surface area contributed by atoms with Crippen molar-refractivity contribution in [1.29, 1.82) is 0 Å². The minimum Gasteiger partial charge on any atom is -0.415 e. The van der Waals surface area contributed by atoms with Crippen molar-refractivity contribution in [2.24, 2.45) is 0 Å². The van der Waals surface area contributed by atoms with E-state index in [-0.39, 0.29) is 36.7 Å². The third-order valence-electron chi connectivity index (χ3n) is 9.47. The van der Waals surface area contributed by atoms with Crippen LogP contribution < -0.4 is 8.61 Å². The monoisotopic (exact) mass is 883 g/mol. The SMILES string of the molecule is C=CS(=O)(=O)N(Cc1ccc(-c2nnc(C(F)F)o2)cc1)c1ccccc1.O=S(=O)(CCN1CCC(O)CC1)N(Cc1ccc(-c2nnc(C(F)F)o2)cc1)c1ccccc1. The number of halogens is 4. The van der Waals surface area contributed by atoms with E-state index in [4.69, 9.17) is 8.83 Å². The minimum absolute atomic E-state index is 0.0268. The molecule has 4 aromatic carbocycles.